The molecule has 4 aromatic heterocycles. The Morgan fingerprint density at radius 2 is 1.19 bits per heavy atom. The Bertz CT molecular complexity index is 3480. The number of aromatic nitrogens is 3. The van der Waals surface area contributed by atoms with Crippen LogP contribution in [-0.2, 0) is 0 Å². The first kappa shape index (κ1) is 28.8. The molecule has 0 saturated heterocycles. The number of hydrogen-bond donors (Lipinski definition) is 0. The molecule has 4 heterocycles. The molecule has 12 rings (SSSR count). The van der Waals surface area contributed by atoms with Crippen molar-refractivity contribution in [3.8, 4) is 28.3 Å². The van der Waals surface area contributed by atoms with E-state index in [2.05, 4.69) is 156 Å². The molecule has 0 aliphatic heterocycles. The van der Waals surface area contributed by atoms with Gasteiger partial charge < -0.3 is 8.98 Å². The summed E-state index contributed by atoms with van der Waals surface area (Å²) in [6.45, 7) is 0. The van der Waals surface area contributed by atoms with Crippen LogP contribution in [0.4, 0.5) is 0 Å². The molecule has 12 aromatic rings. The van der Waals surface area contributed by atoms with E-state index in [9.17, 15) is 0 Å². The van der Waals surface area contributed by atoms with Crippen molar-refractivity contribution in [2.75, 3.05) is 0 Å². The van der Waals surface area contributed by atoms with Crippen LogP contribution in [0.2, 0.25) is 0 Å². The lowest BCUT2D eigenvalue weighted by molar-refractivity contribution is 0.668. The van der Waals surface area contributed by atoms with Gasteiger partial charge in [-0.15, -0.1) is 11.3 Å². The van der Waals surface area contributed by atoms with Crippen LogP contribution in [0.1, 0.15) is 0 Å². The van der Waals surface area contributed by atoms with E-state index < -0.39 is 0 Å². The molecule has 0 saturated carbocycles. The van der Waals surface area contributed by atoms with Crippen molar-refractivity contribution in [3.63, 3.8) is 0 Å². The summed E-state index contributed by atoms with van der Waals surface area (Å²) in [4.78, 5) is 11.0. The summed E-state index contributed by atoms with van der Waals surface area (Å²) < 4.78 is 11.3. The van der Waals surface area contributed by atoms with Gasteiger partial charge in [-0.3, -0.25) is 0 Å². The van der Waals surface area contributed by atoms with Crippen LogP contribution in [0.5, 0.6) is 0 Å². The second-order valence-electron chi connectivity index (χ2n) is 13.8. The van der Waals surface area contributed by atoms with Crippen molar-refractivity contribution in [2.24, 2.45) is 0 Å². The average Bonchev–Trinajstić information content (AvgIpc) is 3.88. The maximum absolute atomic E-state index is 6.69. The summed E-state index contributed by atoms with van der Waals surface area (Å²) in [6, 6.07) is 58.3. The van der Waals surface area contributed by atoms with E-state index in [1.54, 1.807) is 11.3 Å². The van der Waals surface area contributed by atoms with Gasteiger partial charge in [0.2, 0.25) is 0 Å². The fourth-order valence-electron chi connectivity index (χ4n) is 8.32. The second kappa shape index (κ2) is 10.8. The largest absolute Gasteiger partial charge is 0.456 e. The molecule has 8 aromatic carbocycles. The van der Waals surface area contributed by atoms with Crippen molar-refractivity contribution in [3.05, 3.63) is 164 Å². The van der Waals surface area contributed by atoms with Crippen LogP contribution < -0.4 is 0 Å². The second-order valence-corrected chi connectivity index (χ2v) is 14.8. The van der Waals surface area contributed by atoms with Crippen molar-refractivity contribution < 1.29 is 4.42 Å². The highest BCUT2D eigenvalue weighted by molar-refractivity contribution is 7.26. The quantitative estimate of drug-likeness (QED) is 0.185. The van der Waals surface area contributed by atoms with Crippen LogP contribution in [0.25, 0.3) is 114 Å². The van der Waals surface area contributed by atoms with Gasteiger partial charge in [-0.2, -0.15) is 0 Å². The van der Waals surface area contributed by atoms with Gasteiger partial charge >= 0.3 is 0 Å². The maximum atomic E-state index is 6.69. The normalized spacial score (nSPS) is 12.2. The summed E-state index contributed by atoms with van der Waals surface area (Å²) in [5, 5.41) is 10.4. The van der Waals surface area contributed by atoms with Crippen molar-refractivity contribution >= 4 is 96.9 Å². The van der Waals surface area contributed by atoms with E-state index >= 15 is 0 Å². The first-order valence-electron chi connectivity index (χ1n) is 17.8. The van der Waals surface area contributed by atoms with Gasteiger partial charge in [0.1, 0.15) is 11.2 Å². The molecule has 0 spiro atoms. The van der Waals surface area contributed by atoms with Gasteiger partial charge in [-0.05, 0) is 64.0 Å². The van der Waals surface area contributed by atoms with E-state index in [0.717, 1.165) is 71.1 Å². The van der Waals surface area contributed by atoms with E-state index in [-0.39, 0.29) is 0 Å². The zero-order valence-corrected chi connectivity index (χ0v) is 29.1. The fraction of sp³-hybridized carbons (Fsp3) is 0. The predicted octanol–water partition coefficient (Wildman–Crippen LogP) is 13.5. The summed E-state index contributed by atoms with van der Waals surface area (Å²) in [5.41, 5.74) is 8.83. The lowest BCUT2D eigenvalue weighted by Crippen LogP contribution is -1.98. The Hall–Kier alpha value is -6.82. The molecule has 246 valence electrons. The topological polar surface area (TPSA) is 43.9 Å². The van der Waals surface area contributed by atoms with Gasteiger partial charge in [0.05, 0.1) is 32.6 Å². The zero-order chi connectivity index (χ0) is 34.6. The van der Waals surface area contributed by atoms with Crippen molar-refractivity contribution in [1.82, 2.24) is 14.5 Å². The van der Waals surface area contributed by atoms with E-state index in [0.29, 0.717) is 5.82 Å². The molecule has 0 aliphatic rings. The SMILES string of the molecule is c1ccc2cc(-c3nc(-c4cc(-n5c6ccccc6c6cc7ccccc7cc65)cc5oc6ccccc6c45)nc4c3sc3ccccc34)ccc2c1. The molecule has 0 aliphatic carbocycles. The molecule has 0 unspecified atom stereocenters. The van der Waals surface area contributed by atoms with Gasteiger partial charge in [0, 0.05) is 48.8 Å². The smallest absolute Gasteiger partial charge is 0.161 e. The lowest BCUT2D eigenvalue weighted by Gasteiger charge is -2.13. The first-order valence-corrected chi connectivity index (χ1v) is 18.6. The minimum atomic E-state index is 0.675. The van der Waals surface area contributed by atoms with Crippen LogP contribution in [0.15, 0.2) is 168 Å². The third-order valence-electron chi connectivity index (χ3n) is 10.7. The van der Waals surface area contributed by atoms with Crippen molar-refractivity contribution in [2.45, 2.75) is 0 Å². The number of hydrogen-bond acceptors (Lipinski definition) is 4. The maximum Gasteiger partial charge on any atom is 0.161 e. The van der Waals surface area contributed by atoms with Gasteiger partial charge in [-0.1, -0.05) is 115 Å². The number of para-hydroxylation sites is 2. The lowest BCUT2D eigenvalue weighted by atomic mass is 10.0. The third kappa shape index (κ3) is 4.23. The molecule has 0 bridgehead atoms. The Kier molecular flexibility index (Phi) is 5.90. The molecule has 4 nitrogen and oxygen atoms in total. The number of rotatable bonds is 3. The average molecular weight is 694 g/mol. The summed E-state index contributed by atoms with van der Waals surface area (Å²) in [7, 11) is 0. The Morgan fingerprint density at radius 3 is 2.06 bits per heavy atom. The molecule has 0 N–H and O–H groups in total. The zero-order valence-electron chi connectivity index (χ0n) is 28.2. The Balaban J connectivity index is 1.21. The van der Waals surface area contributed by atoms with Gasteiger partial charge in [0.15, 0.2) is 5.82 Å². The van der Waals surface area contributed by atoms with E-state index in [4.69, 9.17) is 14.4 Å². The summed E-state index contributed by atoms with van der Waals surface area (Å²) >= 11 is 1.76. The number of benzene rings is 8. The molecule has 0 fully saturated rings. The number of fused-ring (bicyclic) bond motifs is 11. The molecule has 0 radical (unpaired) electrons. The fourth-order valence-corrected chi connectivity index (χ4v) is 9.48. The molecule has 5 heteroatoms. The van der Waals surface area contributed by atoms with Gasteiger partial charge in [0.25, 0.3) is 0 Å². The monoisotopic (exact) mass is 693 g/mol. The van der Waals surface area contributed by atoms with Crippen LogP contribution in [0, 0.1) is 0 Å². The first-order chi connectivity index (χ1) is 26.2. The molecule has 53 heavy (non-hydrogen) atoms. The predicted molar refractivity (Wildman–Crippen MR) is 222 cm³/mol. The Labute approximate surface area is 306 Å². The van der Waals surface area contributed by atoms with Crippen LogP contribution >= 0.6 is 11.3 Å². The molecule has 0 atom stereocenters. The van der Waals surface area contributed by atoms with Crippen LogP contribution in [-0.4, -0.2) is 14.5 Å². The summed E-state index contributed by atoms with van der Waals surface area (Å²) in [5.74, 6) is 0.675. The number of thiophene rings is 1. The third-order valence-corrected chi connectivity index (χ3v) is 11.9. The highest BCUT2D eigenvalue weighted by atomic mass is 32.1. The summed E-state index contributed by atoms with van der Waals surface area (Å²) in [6.07, 6.45) is 0. The van der Waals surface area contributed by atoms with Crippen molar-refractivity contribution in [1.29, 1.82) is 0 Å². The number of furan rings is 1. The molecular weight excluding hydrogens is 667 g/mol. The Morgan fingerprint density at radius 1 is 0.491 bits per heavy atom. The molecule has 0 amide bonds. The van der Waals surface area contributed by atoms with E-state index in [1.165, 1.54) is 37.0 Å². The standard InChI is InChI=1S/C48H27N3OS/c1-2-12-29-23-32(22-21-28(29)11-1)45-47-46(36-17-7-10-20-43(36)53-47)50-48(49-45)38-26-33(27-42-44(38)35-16-6-9-19-41(35)52-42)51-39-18-8-5-15-34(39)37-24-30-13-3-4-14-31(30)25-40(37)51/h1-27H. The molecular formula is C48H27N3OS. The van der Waals surface area contributed by atoms with Crippen LogP contribution in [0.3, 0.4) is 0 Å². The highest BCUT2D eigenvalue weighted by Crippen LogP contribution is 2.44. The van der Waals surface area contributed by atoms with E-state index in [1.807, 2.05) is 12.1 Å². The highest BCUT2D eigenvalue weighted by Gasteiger charge is 2.23. The number of nitrogens with zero attached hydrogens (tertiary/aromatic N) is 3. The minimum Gasteiger partial charge on any atom is -0.456 e. The van der Waals surface area contributed by atoms with Gasteiger partial charge in [-0.25, -0.2) is 9.97 Å². The minimum absolute atomic E-state index is 0.675.